The van der Waals surface area contributed by atoms with Gasteiger partial charge in [0.1, 0.15) is 16.1 Å². The number of rotatable bonds is 3. The predicted molar refractivity (Wildman–Crippen MR) is 58.9 cm³/mol. The average Bonchev–Trinajstić information content (AvgIpc) is 2.15. The van der Waals surface area contributed by atoms with Crippen molar-refractivity contribution in [2.24, 2.45) is 0 Å². The number of hydrogen-bond acceptors (Lipinski definition) is 3. The molecule has 0 heterocycles. The van der Waals surface area contributed by atoms with Crippen molar-refractivity contribution in [2.75, 3.05) is 6.26 Å². The maximum Gasteiger partial charge on any atom is 0.163 e. The second kappa shape index (κ2) is 4.59. The molecule has 0 amide bonds. The fourth-order valence-electron chi connectivity index (χ4n) is 1.05. The largest absolute Gasteiger partial charge is 0.386 e. The summed E-state index contributed by atoms with van der Waals surface area (Å²) < 4.78 is 33.7. The number of halogens is 2. The molecule has 0 aliphatic rings. The number of alkyl halides is 1. The summed E-state index contributed by atoms with van der Waals surface area (Å²) in [4.78, 5) is 0. The molecule has 0 fully saturated rings. The van der Waals surface area contributed by atoms with E-state index in [1.807, 2.05) is 0 Å². The summed E-state index contributed by atoms with van der Waals surface area (Å²) in [5, 5.41) is 9.67. The first kappa shape index (κ1) is 12.6. The molecule has 1 aromatic carbocycles. The van der Waals surface area contributed by atoms with Gasteiger partial charge in [0.05, 0.1) is 0 Å². The van der Waals surface area contributed by atoms with E-state index in [-0.39, 0.29) is 0 Å². The normalized spacial score (nSPS) is 16.0. The summed E-state index contributed by atoms with van der Waals surface area (Å²) in [6.07, 6.45) is -0.195. The van der Waals surface area contributed by atoms with Gasteiger partial charge in [0.25, 0.3) is 0 Å². The summed E-state index contributed by atoms with van der Waals surface area (Å²) >= 11 is 2.89. The van der Waals surface area contributed by atoms with Crippen LogP contribution in [0.1, 0.15) is 11.7 Å². The van der Waals surface area contributed by atoms with E-state index in [9.17, 15) is 17.9 Å². The van der Waals surface area contributed by atoms with E-state index in [2.05, 4.69) is 15.9 Å². The summed E-state index contributed by atoms with van der Waals surface area (Å²) in [5.74, 6) is -0.434. The highest BCUT2D eigenvalue weighted by Crippen LogP contribution is 2.26. The van der Waals surface area contributed by atoms with Crippen molar-refractivity contribution >= 4 is 25.8 Å². The predicted octanol–water partition coefficient (Wildman–Crippen LogP) is 1.62. The molecule has 3 nitrogen and oxygen atoms in total. The zero-order valence-corrected chi connectivity index (χ0v) is 10.3. The second-order valence-electron chi connectivity index (χ2n) is 3.18. The molecule has 2 atom stereocenters. The molecule has 0 aromatic heterocycles. The van der Waals surface area contributed by atoms with E-state index >= 15 is 0 Å². The fraction of sp³-hybridized carbons (Fsp3) is 0.333. The molecule has 1 rings (SSSR count). The van der Waals surface area contributed by atoms with Crippen LogP contribution in [0.3, 0.4) is 0 Å². The molecule has 0 radical (unpaired) electrons. The van der Waals surface area contributed by atoms with Gasteiger partial charge in [-0.15, -0.1) is 0 Å². The third-order valence-corrected chi connectivity index (χ3v) is 5.48. The Balaban J connectivity index is 2.95. The number of hydrogen-bond donors (Lipinski definition) is 1. The van der Waals surface area contributed by atoms with Crippen molar-refractivity contribution < 1.29 is 17.9 Å². The van der Waals surface area contributed by atoms with Crippen molar-refractivity contribution in [1.29, 1.82) is 0 Å². The third kappa shape index (κ3) is 3.25. The van der Waals surface area contributed by atoms with Crippen molar-refractivity contribution in [3.63, 3.8) is 0 Å². The lowest BCUT2D eigenvalue weighted by molar-refractivity contribution is 0.195. The Morgan fingerprint density at radius 1 is 1.33 bits per heavy atom. The van der Waals surface area contributed by atoms with Crippen molar-refractivity contribution in [3.8, 4) is 0 Å². The number of aliphatic hydroxyl groups is 1. The molecule has 0 bridgehead atoms. The molecule has 1 aromatic rings. The minimum atomic E-state index is -3.39. The van der Waals surface area contributed by atoms with Crippen LogP contribution in [-0.4, -0.2) is 23.9 Å². The maximum atomic E-state index is 12.6. The van der Waals surface area contributed by atoms with Crippen LogP contribution in [0.15, 0.2) is 24.3 Å². The number of benzene rings is 1. The lowest BCUT2D eigenvalue weighted by Gasteiger charge is -2.15. The topological polar surface area (TPSA) is 54.4 Å². The summed E-state index contributed by atoms with van der Waals surface area (Å²) in [7, 11) is -3.39. The number of sulfone groups is 1. The first-order valence-electron chi connectivity index (χ1n) is 4.09. The Hall–Kier alpha value is -0.460. The summed E-state index contributed by atoms with van der Waals surface area (Å²) in [5.41, 5.74) is 0.351. The highest BCUT2D eigenvalue weighted by Gasteiger charge is 2.27. The van der Waals surface area contributed by atoms with Gasteiger partial charge < -0.3 is 5.11 Å². The standard InChI is InChI=1S/C9H10BrFO3S/c1-15(13,14)9(10)8(12)6-2-4-7(11)5-3-6/h2-5,8-9,12H,1H3/t8-,9+/m0/s1. The van der Waals surface area contributed by atoms with Gasteiger partial charge in [0, 0.05) is 6.26 Å². The van der Waals surface area contributed by atoms with E-state index < -0.39 is 25.9 Å². The summed E-state index contributed by atoms with van der Waals surface area (Å²) in [6, 6.07) is 5.03. The zero-order valence-electron chi connectivity index (χ0n) is 7.89. The van der Waals surface area contributed by atoms with Gasteiger partial charge in [0.15, 0.2) is 9.84 Å². The van der Waals surface area contributed by atoms with Gasteiger partial charge in [-0.1, -0.05) is 28.1 Å². The van der Waals surface area contributed by atoms with Crippen molar-refractivity contribution in [3.05, 3.63) is 35.6 Å². The Morgan fingerprint density at radius 2 is 1.80 bits per heavy atom. The molecule has 1 N–H and O–H groups in total. The highest BCUT2D eigenvalue weighted by molar-refractivity contribution is 9.11. The van der Waals surface area contributed by atoms with Crippen LogP contribution in [-0.2, 0) is 9.84 Å². The zero-order chi connectivity index (χ0) is 11.6. The van der Waals surface area contributed by atoms with Crippen molar-refractivity contribution in [1.82, 2.24) is 0 Å². The molecule has 0 saturated heterocycles. The molecule has 0 aliphatic carbocycles. The van der Waals surface area contributed by atoms with Gasteiger partial charge in [-0.05, 0) is 17.7 Å². The first-order valence-corrected chi connectivity index (χ1v) is 6.96. The Labute approximate surface area is 96.0 Å². The van der Waals surface area contributed by atoms with Crippen LogP contribution in [0.5, 0.6) is 0 Å². The lowest BCUT2D eigenvalue weighted by Crippen LogP contribution is -2.21. The van der Waals surface area contributed by atoms with Crippen LogP contribution >= 0.6 is 15.9 Å². The Kier molecular flexibility index (Phi) is 3.86. The minimum absolute atomic E-state index is 0.351. The Bertz CT molecular complexity index is 429. The van der Waals surface area contributed by atoms with Crippen LogP contribution < -0.4 is 0 Å². The molecule has 15 heavy (non-hydrogen) atoms. The van der Waals surface area contributed by atoms with Crippen LogP contribution in [0.25, 0.3) is 0 Å². The monoisotopic (exact) mass is 296 g/mol. The van der Waals surface area contributed by atoms with Gasteiger partial charge >= 0.3 is 0 Å². The fourth-order valence-corrected chi connectivity index (χ4v) is 1.98. The van der Waals surface area contributed by atoms with E-state index in [1.165, 1.54) is 24.3 Å². The van der Waals surface area contributed by atoms with E-state index in [4.69, 9.17) is 0 Å². The molecule has 84 valence electrons. The van der Waals surface area contributed by atoms with E-state index in [1.54, 1.807) is 0 Å². The van der Waals surface area contributed by atoms with E-state index in [0.29, 0.717) is 5.56 Å². The van der Waals surface area contributed by atoms with Gasteiger partial charge in [0.2, 0.25) is 0 Å². The smallest absolute Gasteiger partial charge is 0.163 e. The average molecular weight is 297 g/mol. The molecule has 0 spiro atoms. The van der Waals surface area contributed by atoms with Crippen molar-refractivity contribution in [2.45, 2.75) is 10.3 Å². The van der Waals surface area contributed by atoms with Gasteiger partial charge in [-0.25, -0.2) is 12.8 Å². The maximum absolute atomic E-state index is 12.6. The molecule has 0 aliphatic heterocycles. The first-order chi connectivity index (χ1) is 6.82. The van der Waals surface area contributed by atoms with Crippen LogP contribution in [0, 0.1) is 5.82 Å². The Morgan fingerprint density at radius 3 is 2.20 bits per heavy atom. The van der Waals surface area contributed by atoms with Crippen LogP contribution in [0.2, 0.25) is 0 Å². The second-order valence-corrected chi connectivity index (χ2v) is 6.94. The molecule has 6 heteroatoms. The molecular weight excluding hydrogens is 287 g/mol. The quantitative estimate of drug-likeness (QED) is 0.863. The van der Waals surface area contributed by atoms with E-state index in [0.717, 1.165) is 6.26 Å². The molecule has 0 saturated carbocycles. The third-order valence-electron chi connectivity index (χ3n) is 1.87. The molecular formula is C9H10BrFO3S. The SMILES string of the molecule is CS(=O)(=O)[C@@H](Br)[C@@H](O)c1ccc(F)cc1. The van der Waals surface area contributed by atoms with Gasteiger partial charge in [-0.2, -0.15) is 0 Å². The highest BCUT2D eigenvalue weighted by atomic mass is 79.9. The van der Waals surface area contributed by atoms with Gasteiger partial charge in [-0.3, -0.25) is 0 Å². The summed E-state index contributed by atoms with van der Waals surface area (Å²) in [6.45, 7) is 0. The molecule has 0 unspecified atom stereocenters. The minimum Gasteiger partial charge on any atom is -0.386 e. The number of aliphatic hydroxyl groups excluding tert-OH is 1. The van der Waals surface area contributed by atoms with Crippen LogP contribution in [0.4, 0.5) is 4.39 Å². The lowest BCUT2D eigenvalue weighted by atomic mass is 10.1.